The van der Waals surface area contributed by atoms with E-state index >= 15 is 0 Å². The number of halogens is 6. The first-order chi connectivity index (χ1) is 13.7. The minimum Gasteiger partial charge on any atom is -0.488 e. The fourth-order valence-corrected chi connectivity index (χ4v) is 5.78. The first-order valence-corrected chi connectivity index (χ1v) is 13.9. The van der Waals surface area contributed by atoms with Crippen molar-refractivity contribution in [2.45, 2.75) is 18.6 Å². The highest BCUT2D eigenvalue weighted by Crippen LogP contribution is 2.38. The molecule has 2 aromatic rings. The van der Waals surface area contributed by atoms with E-state index in [0.717, 1.165) is 29.0 Å². The van der Waals surface area contributed by atoms with Crippen LogP contribution in [0.3, 0.4) is 0 Å². The maximum Gasteiger partial charge on any atom is 0.147 e. The molecule has 0 radical (unpaired) electrons. The van der Waals surface area contributed by atoms with Crippen LogP contribution in [0.4, 0.5) is 0 Å². The van der Waals surface area contributed by atoms with Crippen LogP contribution in [0.25, 0.3) is 0 Å². The van der Waals surface area contributed by atoms with Crippen LogP contribution < -0.4 is 9.47 Å². The molecule has 0 fully saturated rings. The van der Waals surface area contributed by atoms with Gasteiger partial charge in [-0.1, -0.05) is 31.9 Å². The third-order valence-corrected chi connectivity index (χ3v) is 7.57. The molecule has 0 amide bonds. The quantitative estimate of drug-likeness (QED) is 0.267. The summed E-state index contributed by atoms with van der Waals surface area (Å²) in [5.41, 5.74) is 2.17. The molecule has 2 atom stereocenters. The number of aliphatic hydroxyl groups excluding tert-OH is 2. The number of benzene rings is 2. The molecule has 2 unspecified atom stereocenters. The van der Waals surface area contributed by atoms with Gasteiger partial charge in [0.15, 0.2) is 0 Å². The highest BCUT2D eigenvalue weighted by Gasteiger charge is 2.14. The van der Waals surface area contributed by atoms with Gasteiger partial charge in [-0.05, 0) is 106 Å². The summed E-state index contributed by atoms with van der Waals surface area (Å²) in [6, 6.07) is 8.00. The van der Waals surface area contributed by atoms with Crippen molar-refractivity contribution in [1.29, 1.82) is 0 Å². The minimum absolute atomic E-state index is 0.201. The highest BCUT2D eigenvalue weighted by molar-refractivity contribution is 9.11. The molecule has 0 heterocycles. The number of alkyl halides is 2. The molecule has 0 aliphatic carbocycles. The molecule has 2 rings (SSSR count). The van der Waals surface area contributed by atoms with Crippen LogP contribution in [0.15, 0.2) is 42.2 Å². The van der Waals surface area contributed by atoms with E-state index in [-0.39, 0.29) is 13.2 Å². The molecular formula is C19H18Br6O4. The largest absolute Gasteiger partial charge is 0.488 e. The predicted octanol–water partition coefficient (Wildman–Crippen LogP) is 6.60. The van der Waals surface area contributed by atoms with Gasteiger partial charge in [0.25, 0.3) is 0 Å². The lowest BCUT2D eigenvalue weighted by Crippen LogP contribution is -2.19. The van der Waals surface area contributed by atoms with Crippen LogP contribution in [0.1, 0.15) is 11.1 Å². The van der Waals surface area contributed by atoms with Crippen molar-refractivity contribution >= 4 is 95.6 Å². The van der Waals surface area contributed by atoms with E-state index in [4.69, 9.17) is 9.47 Å². The Morgan fingerprint density at radius 3 is 1.24 bits per heavy atom. The maximum atomic E-state index is 9.67. The Balaban J connectivity index is 2.15. The smallest absolute Gasteiger partial charge is 0.147 e. The maximum absolute atomic E-state index is 9.67. The molecule has 0 aromatic heterocycles. The van der Waals surface area contributed by atoms with Crippen LogP contribution in [-0.2, 0) is 6.42 Å². The Bertz CT molecular complexity index is 719. The molecule has 2 aromatic carbocycles. The molecule has 0 aliphatic rings. The number of hydrogen-bond acceptors (Lipinski definition) is 4. The second kappa shape index (κ2) is 12.8. The van der Waals surface area contributed by atoms with E-state index < -0.39 is 12.2 Å². The summed E-state index contributed by atoms with van der Waals surface area (Å²) in [6.07, 6.45) is -0.442. The molecule has 29 heavy (non-hydrogen) atoms. The molecule has 4 nitrogen and oxygen atoms in total. The fourth-order valence-electron chi connectivity index (χ4n) is 2.39. The Morgan fingerprint density at radius 1 is 0.655 bits per heavy atom. The van der Waals surface area contributed by atoms with Crippen LogP contribution in [0.5, 0.6) is 11.5 Å². The predicted molar refractivity (Wildman–Crippen MR) is 137 cm³/mol. The zero-order valence-electron chi connectivity index (χ0n) is 15.0. The monoisotopic (exact) mass is 784 g/mol. The molecule has 0 aliphatic heterocycles. The lowest BCUT2D eigenvalue weighted by molar-refractivity contribution is 0.126. The van der Waals surface area contributed by atoms with Crippen LogP contribution in [0.2, 0.25) is 0 Å². The first-order valence-electron chi connectivity index (χ1n) is 8.44. The normalized spacial score (nSPS) is 13.2. The van der Waals surface area contributed by atoms with E-state index in [0.29, 0.717) is 28.6 Å². The molecule has 0 saturated carbocycles. The number of ether oxygens (including phenoxy) is 2. The average Bonchev–Trinajstić information content (AvgIpc) is 2.66. The fraction of sp³-hybridized carbons (Fsp3) is 0.368. The van der Waals surface area contributed by atoms with Gasteiger partial charge in [-0.2, -0.15) is 0 Å². The molecule has 160 valence electrons. The number of aliphatic hydroxyl groups is 2. The summed E-state index contributed by atoms with van der Waals surface area (Å²) in [5, 5.41) is 20.3. The van der Waals surface area contributed by atoms with E-state index in [1.807, 2.05) is 24.3 Å². The van der Waals surface area contributed by atoms with Crippen molar-refractivity contribution in [3.8, 4) is 11.5 Å². The second-order valence-corrected chi connectivity index (χ2v) is 10.9. The van der Waals surface area contributed by atoms with Crippen molar-refractivity contribution in [3.05, 3.63) is 53.3 Å². The Labute approximate surface area is 220 Å². The van der Waals surface area contributed by atoms with Gasteiger partial charge in [0, 0.05) is 10.7 Å². The number of hydrogen-bond donors (Lipinski definition) is 2. The summed E-state index contributed by atoms with van der Waals surface area (Å²) < 4.78 is 14.7. The van der Waals surface area contributed by atoms with Crippen molar-refractivity contribution in [3.63, 3.8) is 0 Å². The molecule has 0 spiro atoms. The lowest BCUT2D eigenvalue weighted by Gasteiger charge is -2.16. The topological polar surface area (TPSA) is 58.9 Å². The Kier molecular flexibility index (Phi) is 11.5. The van der Waals surface area contributed by atoms with Crippen molar-refractivity contribution in [1.82, 2.24) is 0 Å². The van der Waals surface area contributed by atoms with Crippen molar-refractivity contribution < 1.29 is 19.7 Å². The van der Waals surface area contributed by atoms with Crippen molar-refractivity contribution in [2.24, 2.45) is 0 Å². The van der Waals surface area contributed by atoms with Crippen LogP contribution in [0, 0.1) is 0 Å². The number of rotatable bonds is 10. The average molecular weight is 790 g/mol. The SMILES string of the molecule is OC(CBr)COc1c(Br)cc(Cc2cc(Br)c(OCC(O)CBr)c(Br)c2)cc1Br. The Morgan fingerprint density at radius 2 is 0.966 bits per heavy atom. The van der Waals surface area contributed by atoms with Gasteiger partial charge in [0.05, 0.1) is 30.1 Å². The van der Waals surface area contributed by atoms with E-state index in [2.05, 4.69) is 95.6 Å². The van der Waals surface area contributed by atoms with Gasteiger partial charge in [-0.25, -0.2) is 0 Å². The highest BCUT2D eigenvalue weighted by atomic mass is 79.9. The van der Waals surface area contributed by atoms with Crippen molar-refractivity contribution in [2.75, 3.05) is 23.9 Å². The van der Waals surface area contributed by atoms with Crippen LogP contribution in [-0.4, -0.2) is 46.3 Å². The summed E-state index contributed by atoms with van der Waals surface area (Å²) in [5.74, 6) is 1.32. The molecule has 10 heteroatoms. The van der Waals surface area contributed by atoms with E-state index in [1.54, 1.807) is 0 Å². The summed E-state index contributed by atoms with van der Waals surface area (Å²) in [7, 11) is 0. The molecule has 2 N–H and O–H groups in total. The molecular weight excluding hydrogens is 772 g/mol. The van der Waals surface area contributed by atoms with Gasteiger partial charge in [-0.15, -0.1) is 0 Å². The van der Waals surface area contributed by atoms with Gasteiger partial charge >= 0.3 is 0 Å². The third kappa shape index (κ3) is 8.04. The van der Waals surface area contributed by atoms with E-state index in [9.17, 15) is 10.2 Å². The molecule has 0 bridgehead atoms. The lowest BCUT2D eigenvalue weighted by atomic mass is 10.0. The third-order valence-electron chi connectivity index (χ3n) is 3.72. The van der Waals surface area contributed by atoms with Gasteiger partial charge in [0.1, 0.15) is 24.7 Å². The summed E-state index contributed by atoms with van der Waals surface area (Å²) in [4.78, 5) is 0. The van der Waals surface area contributed by atoms with Gasteiger partial charge in [-0.3, -0.25) is 0 Å². The van der Waals surface area contributed by atoms with Gasteiger partial charge < -0.3 is 19.7 Å². The summed E-state index contributed by atoms with van der Waals surface area (Å²) >= 11 is 20.7. The second-order valence-electron chi connectivity index (χ2n) is 6.19. The zero-order chi connectivity index (χ0) is 21.6. The standard InChI is InChI=1S/C19H18Br6O4/c20-6-12(26)8-28-18-14(22)2-10(3-15(18)23)1-11-4-16(24)19(17(25)5-11)29-9-13(27)7-21/h2-5,12-13,26-27H,1,6-9H2. The summed E-state index contributed by atoms with van der Waals surface area (Å²) in [6.45, 7) is 0.403. The zero-order valence-corrected chi connectivity index (χ0v) is 24.5. The van der Waals surface area contributed by atoms with Gasteiger partial charge in [0.2, 0.25) is 0 Å². The minimum atomic E-state index is -0.570. The Hall–Kier alpha value is 0.840. The first kappa shape index (κ1) is 26.1. The molecule has 0 saturated heterocycles. The van der Waals surface area contributed by atoms with Crippen LogP contribution >= 0.6 is 95.6 Å². The van der Waals surface area contributed by atoms with E-state index in [1.165, 1.54) is 0 Å².